The molecule has 0 fully saturated rings. The quantitative estimate of drug-likeness (QED) is 0.641. The maximum Gasteiger partial charge on any atom is 0.339 e. The van der Waals surface area contributed by atoms with Crippen LogP contribution in [-0.4, -0.2) is 21.5 Å². The Morgan fingerprint density at radius 2 is 1.52 bits per heavy atom. The summed E-state index contributed by atoms with van der Waals surface area (Å²) in [6.07, 6.45) is 0. The summed E-state index contributed by atoms with van der Waals surface area (Å²) >= 11 is 0. The van der Waals surface area contributed by atoms with Gasteiger partial charge in [-0.15, -0.1) is 0 Å². The van der Waals surface area contributed by atoms with Gasteiger partial charge in [0.25, 0.3) is 0 Å². The van der Waals surface area contributed by atoms with Crippen molar-refractivity contribution in [2.75, 3.05) is 7.11 Å². The highest BCUT2D eigenvalue weighted by molar-refractivity contribution is 7.87. The molecule has 6 heteroatoms. The van der Waals surface area contributed by atoms with Gasteiger partial charge >= 0.3 is 16.1 Å². The summed E-state index contributed by atoms with van der Waals surface area (Å²) in [6, 6.07) is 12.0. The van der Waals surface area contributed by atoms with Crippen LogP contribution in [0.15, 0.2) is 53.4 Å². The van der Waals surface area contributed by atoms with Crippen LogP contribution in [0.4, 0.5) is 0 Å². The van der Waals surface area contributed by atoms with Crippen molar-refractivity contribution in [3.8, 4) is 5.75 Å². The number of carbonyl (C=O) groups is 1. The largest absolute Gasteiger partial charge is 0.465 e. The first-order chi connectivity index (χ1) is 9.92. The normalized spacial score (nSPS) is 11.0. The summed E-state index contributed by atoms with van der Waals surface area (Å²) in [5.74, 6) is -0.295. The predicted octanol–water partition coefficient (Wildman–Crippen LogP) is 2.55. The van der Waals surface area contributed by atoms with Crippen LogP contribution in [0.1, 0.15) is 15.9 Å². The van der Waals surface area contributed by atoms with Crippen LogP contribution in [0.5, 0.6) is 5.75 Å². The van der Waals surface area contributed by atoms with Crippen molar-refractivity contribution in [2.24, 2.45) is 0 Å². The number of benzene rings is 2. The Kier molecular flexibility index (Phi) is 4.28. The molecule has 21 heavy (non-hydrogen) atoms. The molecular weight excluding hydrogens is 292 g/mol. The van der Waals surface area contributed by atoms with Gasteiger partial charge in [0.2, 0.25) is 0 Å². The van der Waals surface area contributed by atoms with E-state index in [1.807, 2.05) is 6.92 Å². The lowest BCUT2D eigenvalue weighted by Gasteiger charge is -2.07. The Balaban J connectivity index is 2.23. The molecule has 0 saturated heterocycles. The van der Waals surface area contributed by atoms with Crippen molar-refractivity contribution < 1.29 is 22.1 Å². The molecule has 0 aliphatic carbocycles. The molecule has 110 valence electrons. The van der Waals surface area contributed by atoms with Crippen LogP contribution in [-0.2, 0) is 14.9 Å². The Hall–Kier alpha value is -2.34. The van der Waals surface area contributed by atoms with Crippen molar-refractivity contribution >= 4 is 16.1 Å². The molecule has 0 aromatic heterocycles. The van der Waals surface area contributed by atoms with E-state index in [0.717, 1.165) is 5.56 Å². The van der Waals surface area contributed by atoms with Gasteiger partial charge < -0.3 is 8.92 Å². The average Bonchev–Trinajstić information content (AvgIpc) is 2.49. The fraction of sp³-hybridized carbons (Fsp3) is 0.133. The number of methoxy groups -OCH3 is 1. The Morgan fingerprint density at radius 3 is 2.05 bits per heavy atom. The van der Waals surface area contributed by atoms with Crippen molar-refractivity contribution in [2.45, 2.75) is 11.8 Å². The van der Waals surface area contributed by atoms with Gasteiger partial charge in [0, 0.05) is 0 Å². The monoisotopic (exact) mass is 306 g/mol. The zero-order chi connectivity index (χ0) is 15.5. The Labute approximate surface area is 123 Å². The van der Waals surface area contributed by atoms with Gasteiger partial charge in [0.05, 0.1) is 12.7 Å². The van der Waals surface area contributed by atoms with E-state index in [9.17, 15) is 13.2 Å². The molecule has 0 bridgehead atoms. The van der Waals surface area contributed by atoms with Crippen molar-refractivity contribution in [3.05, 3.63) is 59.7 Å². The van der Waals surface area contributed by atoms with E-state index in [1.165, 1.54) is 31.4 Å². The highest BCUT2D eigenvalue weighted by Gasteiger charge is 2.17. The summed E-state index contributed by atoms with van der Waals surface area (Å²) in [6.45, 7) is 1.89. The van der Waals surface area contributed by atoms with E-state index in [-0.39, 0.29) is 16.2 Å². The molecule has 2 aromatic rings. The van der Waals surface area contributed by atoms with Gasteiger partial charge in [0.1, 0.15) is 10.6 Å². The van der Waals surface area contributed by atoms with Crippen LogP contribution < -0.4 is 4.18 Å². The van der Waals surface area contributed by atoms with E-state index < -0.39 is 16.1 Å². The molecule has 0 aliphatic rings. The van der Waals surface area contributed by atoms with Crippen molar-refractivity contribution in [3.63, 3.8) is 0 Å². The zero-order valence-electron chi connectivity index (χ0n) is 11.6. The van der Waals surface area contributed by atoms with Crippen LogP contribution in [0.25, 0.3) is 0 Å². The second-order valence-electron chi connectivity index (χ2n) is 4.37. The minimum atomic E-state index is -3.93. The van der Waals surface area contributed by atoms with E-state index in [1.54, 1.807) is 24.3 Å². The second-order valence-corrected chi connectivity index (χ2v) is 5.91. The van der Waals surface area contributed by atoms with E-state index in [4.69, 9.17) is 4.18 Å². The Morgan fingerprint density at radius 1 is 0.952 bits per heavy atom. The van der Waals surface area contributed by atoms with E-state index in [0.29, 0.717) is 0 Å². The molecule has 0 saturated carbocycles. The number of esters is 1. The van der Waals surface area contributed by atoms with Gasteiger partial charge in [-0.1, -0.05) is 17.7 Å². The predicted molar refractivity (Wildman–Crippen MR) is 76.8 cm³/mol. The SMILES string of the molecule is COC(=O)c1ccc(S(=O)(=O)Oc2ccc(C)cc2)cc1. The summed E-state index contributed by atoms with van der Waals surface area (Å²) < 4.78 is 33.8. The molecule has 5 nitrogen and oxygen atoms in total. The molecule has 0 radical (unpaired) electrons. The highest BCUT2D eigenvalue weighted by atomic mass is 32.2. The van der Waals surface area contributed by atoms with E-state index >= 15 is 0 Å². The lowest BCUT2D eigenvalue weighted by molar-refractivity contribution is 0.0600. The summed E-state index contributed by atoms with van der Waals surface area (Å²) in [4.78, 5) is 11.3. The third-order valence-corrected chi connectivity index (χ3v) is 4.05. The first-order valence-corrected chi connectivity index (χ1v) is 7.53. The standard InChI is InChI=1S/C15H14O5S/c1-11-3-7-13(8-4-11)20-21(17,18)14-9-5-12(6-10-14)15(16)19-2/h3-10H,1-2H3. The fourth-order valence-corrected chi connectivity index (χ4v) is 2.57. The molecule has 0 N–H and O–H groups in total. The topological polar surface area (TPSA) is 69.7 Å². The average molecular weight is 306 g/mol. The molecule has 0 aliphatic heterocycles. The molecule has 0 spiro atoms. The van der Waals surface area contributed by atoms with Crippen molar-refractivity contribution in [1.29, 1.82) is 0 Å². The lowest BCUT2D eigenvalue weighted by Crippen LogP contribution is -2.10. The number of hydrogen-bond acceptors (Lipinski definition) is 5. The number of aryl methyl sites for hydroxylation is 1. The van der Waals surface area contributed by atoms with Crippen LogP contribution in [0.2, 0.25) is 0 Å². The zero-order valence-corrected chi connectivity index (χ0v) is 12.4. The third kappa shape index (κ3) is 3.61. The molecule has 0 atom stereocenters. The maximum absolute atomic E-state index is 12.1. The van der Waals surface area contributed by atoms with E-state index in [2.05, 4.69) is 4.74 Å². The first-order valence-electron chi connectivity index (χ1n) is 6.12. The summed E-state index contributed by atoms with van der Waals surface area (Å²) in [5, 5.41) is 0. The van der Waals surface area contributed by atoms with Gasteiger partial charge in [-0.05, 0) is 43.3 Å². The second kappa shape index (κ2) is 5.97. The van der Waals surface area contributed by atoms with Crippen molar-refractivity contribution in [1.82, 2.24) is 0 Å². The fourth-order valence-electron chi connectivity index (χ4n) is 1.64. The Bertz CT molecular complexity index is 731. The van der Waals surface area contributed by atoms with Crippen LogP contribution in [0.3, 0.4) is 0 Å². The number of rotatable bonds is 4. The number of ether oxygens (including phenoxy) is 1. The lowest BCUT2D eigenvalue weighted by atomic mass is 10.2. The minimum absolute atomic E-state index is 0.0317. The van der Waals surface area contributed by atoms with Crippen LogP contribution >= 0.6 is 0 Å². The molecule has 0 heterocycles. The van der Waals surface area contributed by atoms with Crippen LogP contribution in [0, 0.1) is 6.92 Å². The maximum atomic E-state index is 12.1. The highest BCUT2D eigenvalue weighted by Crippen LogP contribution is 2.19. The number of hydrogen-bond donors (Lipinski definition) is 0. The minimum Gasteiger partial charge on any atom is -0.465 e. The molecule has 0 amide bonds. The summed E-state index contributed by atoms with van der Waals surface area (Å²) in [5.41, 5.74) is 1.27. The third-order valence-electron chi connectivity index (χ3n) is 2.79. The summed E-state index contributed by atoms with van der Waals surface area (Å²) in [7, 11) is -2.67. The number of carbonyl (C=O) groups excluding carboxylic acids is 1. The van der Waals surface area contributed by atoms with Gasteiger partial charge in [0.15, 0.2) is 0 Å². The first kappa shape index (κ1) is 15.1. The molecular formula is C15H14O5S. The molecule has 2 rings (SSSR count). The smallest absolute Gasteiger partial charge is 0.339 e. The molecule has 2 aromatic carbocycles. The van der Waals surface area contributed by atoms with Gasteiger partial charge in [-0.2, -0.15) is 8.42 Å². The molecule has 0 unspecified atom stereocenters. The van der Waals surface area contributed by atoms with Gasteiger partial charge in [-0.25, -0.2) is 4.79 Å². The van der Waals surface area contributed by atoms with Gasteiger partial charge in [-0.3, -0.25) is 0 Å².